The summed E-state index contributed by atoms with van der Waals surface area (Å²) in [5.74, 6) is 0.685. The highest BCUT2D eigenvalue weighted by atomic mass is 127. The third kappa shape index (κ3) is 6.52. The molecule has 0 bridgehead atoms. The largest absolute Gasteiger partial charge is 0.368 e. The quantitative estimate of drug-likeness (QED) is 0.353. The molecule has 1 aromatic carbocycles. The van der Waals surface area contributed by atoms with E-state index in [1.807, 2.05) is 29.3 Å². The predicted molar refractivity (Wildman–Crippen MR) is 134 cm³/mol. The van der Waals surface area contributed by atoms with E-state index in [1.54, 1.807) is 6.20 Å². The summed E-state index contributed by atoms with van der Waals surface area (Å²) in [5, 5.41) is 1.88. The maximum Gasteiger partial charge on any atom is 0.269 e. The number of rotatable bonds is 9. The third-order valence-corrected chi connectivity index (χ3v) is 6.75. The van der Waals surface area contributed by atoms with Gasteiger partial charge in [-0.2, -0.15) is 4.98 Å². The monoisotopic (exact) mass is 566 g/mol. The molecule has 0 spiro atoms. The Kier molecular flexibility index (Phi) is 8.34. The SMILES string of the molecule is CN(CCC1OCCO1)Cc1ccc(C(=O)NN(c2nc(N)ncc2I)C2CCCC2)cc1. The minimum absolute atomic E-state index is 0.0883. The Bertz CT molecular complexity index is 932. The fraction of sp³-hybridized carbons (Fsp3) is 0.522. The Hall–Kier alpha value is -2.02. The number of hydrogen-bond acceptors (Lipinski definition) is 8. The number of nitrogens with one attached hydrogen (secondary N) is 1. The van der Waals surface area contributed by atoms with Gasteiger partial charge < -0.3 is 20.1 Å². The molecule has 1 aliphatic heterocycles. The predicted octanol–water partition coefficient (Wildman–Crippen LogP) is 2.95. The van der Waals surface area contributed by atoms with E-state index in [4.69, 9.17) is 15.2 Å². The van der Waals surface area contributed by atoms with Crippen LogP contribution in [0.2, 0.25) is 0 Å². The molecule has 2 fully saturated rings. The van der Waals surface area contributed by atoms with Crippen molar-refractivity contribution >= 4 is 40.3 Å². The summed E-state index contributed by atoms with van der Waals surface area (Å²) in [6.45, 7) is 3.03. The van der Waals surface area contributed by atoms with E-state index in [0.29, 0.717) is 24.6 Å². The normalized spacial score (nSPS) is 17.1. The van der Waals surface area contributed by atoms with Gasteiger partial charge >= 0.3 is 0 Å². The lowest BCUT2D eigenvalue weighted by Gasteiger charge is -2.31. The number of nitrogens with zero attached hydrogens (tertiary/aromatic N) is 4. The van der Waals surface area contributed by atoms with Gasteiger partial charge in [-0.25, -0.2) is 4.98 Å². The van der Waals surface area contributed by atoms with E-state index >= 15 is 0 Å². The lowest BCUT2D eigenvalue weighted by molar-refractivity contribution is -0.0508. The third-order valence-electron chi connectivity index (χ3n) is 5.99. The molecule has 1 amide bonds. The molecule has 0 radical (unpaired) electrons. The van der Waals surface area contributed by atoms with Crippen LogP contribution in [0.1, 0.15) is 48.0 Å². The van der Waals surface area contributed by atoms with Gasteiger partial charge in [0.15, 0.2) is 12.1 Å². The summed E-state index contributed by atoms with van der Waals surface area (Å²) in [6, 6.07) is 7.93. The van der Waals surface area contributed by atoms with Crippen LogP contribution in [0.15, 0.2) is 30.5 Å². The number of nitrogen functional groups attached to an aromatic ring is 1. The average Bonchev–Trinajstić information content (AvgIpc) is 3.53. The Morgan fingerprint density at radius 3 is 2.61 bits per heavy atom. The number of hydrogen-bond donors (Lipinski definition) is 2. The lowest BCUT2D eigenvalue weighted by atomic mass is 10.1. The van der Waals surface area contributed by atoms with Crippen LogP contribution in [-0.4, -0.2) is 59.9 Å². The van der Waals surface area contributed by atoms with Crippen LogP contribution in [-0.2, 0) is 16.0 Å². The van der Waals surface area contributed by atoms with Crippen molar-refractivity contribution in [3.63, 3.8) is 0 Å². The van der Waals surface area contributed by atoms with Crippen LogP contribution in [0.4, 0.5) is 11.8 Å². The number of carbonyl (C=O) groups excluding carboxylic acids is 1. The molecule has 4 rings (SSSR count). The first-order chi connectivity index (χ1) is 16.0. The van der Waals surface area contributed by atoms with Crippen LogP contribution in [0.3, 0.4) is 0 Å². The zero-order valence-electron chi connectivity index (χ0n) is 18.9. The van der Waals surface area contributed by atoms with Gasteiger partial charge in [-0.05, 0) is 60.2 Å². The van der Waals surface area contributed by atoms with E-state index in [0.717, 1.165) is 54.3 Å². The minimum atomic E-state index is -0.162. The molecule has 3 N–H and O–H groups in total. The highest BCUT2D eigenvalue weighted by molar-refractivity contribution is 14.1. The maximum absolute atomic E-state index is 13.1. The van der Waals surface area contributed by atoms with Crippen molar-refractivity contribution in [3.8, 4) is 0 Å². The Morgan fingerprint density at radius 1 is 1.21 bits per heavy atom. The first kappa shape index (κ1) is 24.1. The fourth-order valence-electron chi connectivity index (χ4n) is 4.25. The summed E-state index contributed by atoms with van der Waals surface area (Å²) >= 11 is 2.18. The minimum Gasteiger partial charge on any atom is -0.368 e. The van der Waals surface area contributed by atoms with Crippen LogP contribution < -0.4 is 16.2 Å². The maximum atomic E-state index is 13.1. The van der Waals surface area contributed by atoms with Crippen molar-refractivity contribution in [3.05, 3.63) is 45.2 Å². The van der Waals surface area contributed by atoms with Crippen LogP contribution in [0.25, 0.3) is 0 Å². The van der Waals surface area contributed by atoms with Gasteiger partial charge in [-0.3, -0.25) is 15.2 Å². The number of aromatic nitrogens is 2. The van der Waals surface area contributed by atoms with Gasteiger partial charge in [0.05, 0.1) is 22.8 Å². The number of ether oxygens (including phenoxy) is 2. The van der Waals surface area contributed by atoms with Crippen LogP contribution in [0.5, 0.6) is 0 Å². The molecule has 0 unspecified atom stereocenters. The van der Waals surface area contributed by atoms with E-state index in [2.05, 4.69) is 49.9 Å². The summed E-state index contributed by atoms with van der Waals surface area (Å²) < 4.78 is 11.8. The van der Waals surface area contributed by atoms with Crippen molar-refractivity contribution < 1.29 is 14.3 Å². The van der Waals surface area contributed by atoms with E-state index in [9.17, 15) is 4.79 Å². The number of nitrogens with two attached hydrogens (primary N) is 1. The molecule has 2 aliphatic rings. The number of anilines is 2. The smallest absolute Gasteiger partial charge is 0.269 e. The molecular formula is C23H31IN6O3. The zero-order chi connectivity index (χ0) is 23.2. The Balaban J connectivity index is 1.38. The second kappa shape index (κ2) is 11.4. The molecule has 0 atom stereocenters. The van der Waals surface area contributed by atoms with Crippen molar-refractivity contribution in [1.82, 2.24) is 20.3 Å². The molecule has 1 saturated heterocycles. The Labute approximate surface area is 208 Å². The number of amides is 1. The molecule has 2 heterocycles. The molecule has 178 valence electrons. The van der Waals surface area contributed by atoms with Crippen LogP contribution >= 0.6 is 22.6 Å². The second-order valence-corrected chi connectivity index (χ2v) is 9.71. The molecular weight excluding hydrogens is 535 g/mol. The van der Waals surface area contributed by atoms with E-state index in [-0.39, 0.29) is 24.2 Å². The van der Waals surface area contributed by atoms with Gasteiger partial charge in [0, 0.05) is 31.3 Å². The molecule has 33 heavy (non-hydrogen) atoms. The van der Waals surface area contributed by atoms with Gasteiger partial charge in [0.2, 0.25) is 5.95 Å². The fourth-order valence-corrected chi connectivity index (χ4v) is 4.77. The molecule has 1 aromatic heterocycles. The average molecular weight is 566 g/mol. The number of hydrazine groups is 1. The standard InChI is InChI=1S/C23H31IN6O3/c1-29(11-10-20-32-12-13-33-20)15-16-6-8-17(9-7-16)22(31)28-30(18-4-2-3-5-18)21-19(24)14-26-23(25)27-21/h6-9,14,18,20H,2-5,10-13,15H2,1H3,(H,28,31)(H2,25,26,27). The van der Waals surface area contributed by atoms with Gasteiger partial charge in [-0.1, -0.05) is 25.0 Å². The van der Waals surface area contributed by atoms with Crippen LogP contribution in [0, 0.1) is 3.57 Å². The summed E-state index contributed by atoms with van der Waals surface area (Å²) in [4.78, 5) is 23.8. The highest BCUT2D eigenvalue weighted by Gasteiger charge is 2.27. The number of carbonyl (C=O) groups is 1. The van der Waals surface area contributed by atoms with Gasteiger partial charge in [0.1, 0.15) is 0 Å². The second-order valence-electron chi connectivity index (χ2n) is 8.54. The molecule has 1 saturated carbocycles. The molecule has 2 aromatic rings. The van der Waals surface area contributed by atoms with Crippen molar-refractivity contribution in [2.75, 3.05) is 37.5 Å². The van der Waals surface area contributed by atoms with E-state index in [1.165, 1.54) is 0 Å². The van der Waals surface area contributed by atoms with Crippen molar-refractivity contribution in [2.24, 2.45) is 0 Å². The highest BCUT2D eigenvalue weighted by Crippen LogP contribution is 2.29. The lowest BCUT2D eigenvalue weighted by Crippen LogP contribution is -2.49. The summed E-state index contributed by atoms with van der Waals surface area (Å²) in [6.07, 6.45) is 6.72. The van der Waals surface area contributed by atoms with Gasteiger partial charge in [0.25, 0.3) is 5.91 Å². The first-order valence-corrected chi connectivity index (χ1v) is 12.5. The molecule has 1 aliphatic carbocycles. The van der Waals surface area contributed by atoms with Crippen molar-refractivity contribution in [2.45, 2.75) is 51.0 Å². The number of halogens is 1. The summed E-state index contributed by atoms with van der Waals surface area (Å²) in [7, 11) is 2.07. The van der Waals surface area contributed by atoms with E-state index < -0.39 is 0 Å². The Morgan fingerprint density at radius 2 is 1.91 bits per heavy atom. The zero-order valence-corrected chi connectivity index (χ0v) is 21.0. The molecule has 10 heteroatoms. The van der Waals surface area contributed by atoms with Crippen molar-refractivity contribution in [1.29, 1.82) is 0 Å². The number of benzene rings is 1. The summed E-state index contributed by atoms with van der Waals surface area (Å²) in [5.41, 5.74) is 10.7. The molecule has 9 nitrogen and oxygen atoms in total. The topological polar surface area (TPSA) is 106 Å². The van der Waals surface area contributed by atoms with Gasteiger partial charge in [-0.15, -0.1) is 0 Å². The first-order valence-electron chi connectivity index (χ1n) is 11.4.